The van der Waals surface area contributed by atoms with Gasteiger partial charge in [0.2, 0.25) is 0 Å². The van der Waals surface area contributed by atoms with Crippen LogP contribution in [0.4, 0.5) is 17.1 Å². The standard InChI is InChI=1S/C26H21Cl2N3O6S.Na/c1-3-14-12-22(38(34,35)36)20(13-18(14)27)30-31-24-16-8-5-4-7-15(16)11-17(25(24)32)26(33)29-19-9-6-10-21(37-2)23(19)28;/h4-13,32H,3H2,1-2H3,(H,29,33)(H,34,35,36);/q;+1/p-1. The van der Waals surface area contributed by atoms with Gasteiger partial charge in [0.15, 0.2) is 0 Å². The van der Waals surface area contributed by atoms with Crippen LogP contribution < -0.4 is 44.7 Å². The summed E-state index contributed by atoms with van der Waals surface area (Å²) >= 11 is 12.5. The molecule has 0 heterocycles. The molecule has 0 fully saturated rings. The molecular weight excluding hydrogens is 576 g/mol. The smallest absolute Gasteiger partial charge is 0.870 e. The Labute approximate surface area is 256 Å². The van der Waals surface area contributed by atoms with E-state index in [4.69, 9.17) is 27.9 Å². The number of azo groups is 1. The van der Waals surface area contributed by atoms with E-state index in [0.29, 0.717) is 28.5 Å². The van der Waals surface area contributed by atoms with Crippen molar-refractivity contribution in [3.63, 3.8) is 0 Å². The van der Waals surface area contributed by atoms with Crippen LogP contribution in [-0.4, -0.2) is 26.0 Å². The normalized spacial score (nSPS) is 11.4. The molecule has 0 bridgehead atoms. The zero-order valence-electron chi connectivity index (χ0n) is 21.0. The van der Waals surface area contributed by atoms with Crippen LogP contribution in [0.5, 0.6) is 11.5 Å². The molecule has 0 aliphatic carbocycles. The Kier molecular flexibility index (Phi) is 10.0. The average Bonchev–Trinajstić information content (AvgIpc) is 2.88. The first-order chi connectivity index (χ1) is 18.0. The summed E-state index contributed by atoms with van der Waals surface area (Å²) < 4.78 is 38.9. The van der Waals surface area contributed by atoms with Gasteiger partial charge in [-0.1, -0.05) is 66.2 Å². The van der Waals surface area contributed by atoms with Crippen LogP contribution in [0, 0.1) is 0 Å². The third-order valence-electron chi connectivity index (χ3n) is 5.70. The number of hydrogen-bond acceptors (Lipinski definition) is 7. The van der Waals surface area contributed by atoms with Crippen LogP contribution in [0.3, 0.4) is 0 Å². The summed E-state index contributed by atoms with van der Waals surface area (Å²) in [6.45, 7) is 1.77. The van der Waals surface area contributed by atoms with E-state index in [0.717, 1.165) is 0 Å². The van der Waals surface area contributed by atoms with E-state index in [9.17, 15) is 22.9 Å². The number of benzene rings is 4. The molecule has 4 aromatic carbocycles. The number of halogens is 2. The van der Waals surface area contributed by atoms with Crippen LogP contribution in [-0.2, 0) is 16.5 Å². The zero-order chi connectivity index (χ0) is 27.6. The van der Waals surface area contributed by atoms with Crippen molar-refractivity contribution in [1.82, 2.24) is 0 Å². The minimum atomic E-state index is -4.68. The summed E-state index contributed by atoms with van der Waals surface area (Å²) in [4.78, 5) is 12.6. The number of rotatable bonds is 7. The van der Waals surface area contributed by atoms with Gasteiger partial charge in [-0.2, -0.15) is 13.5 Å². The summed E-state index contributed by atoms with van der Waals surface area (Å²) in [6, 6.07) is 15.3. The molecule has 0 aromatic heterocycles. The van der Waals surface area contributed by atoms with Crippen molar-refractivity contribution >= 4 is 67.1 Å². The predicted molar refractivity (Wildman–Crippen MR) is 144 cm³/mol. The number of methoxy groups -OCH3 is 1. The number of carbonyl (C=O) groups is 1. The topological polar surface area (TPSA) is 140 Å². The Morgan fingerprint density at radius 3 is 2.46 bits per heavy atom. The van der Waals surface area contributed by atoms with Crippen molar-refractivity contribution in [2.45, 2.75) is 18.2 Å². The Hall–Kier alpha value is -2.70. The Morgan fingerprint density at radius 1 is 1.08 bits per heavy atom. The van der Waals surface area contributed by atoms with Crippen molar-refractivity contribution in [2.75, 3.05) is 12.4 Å². The molecule has 0 atom stereocenters. The van der Waals surface area contributed by atoms with Gasteiger partial charge in [-0.25, -0.2) is 0 Å². The first-order valence-corrected chi connectivity index (χ1v) is 13.3. The fourth-order valence-electron chi connectivity index (χ4n) is 3.78. The predicted octanol–water partition coefficient (Wildman–Crippen LogP) is 3.71. The van der Waals surface area contributed by atoms with Gasteiger partial charge < -0.3 is 15.2 Å². The van der Waals surface area contributed by atoms with Gasteiger partial charge in [-0.15, -0.1) is 5.11 Å². The van der Waals surface area contributed by atoms with Crippen molar-refractivity contribution in [2.24, 2.45) is 10.2 Å². The summed E-state index contributed by atoms with van der Waals surface area (Å²) in [5.41, 5.74) is -0.0117. The van der Waals surface area contributed by atoms with Gasteiger partial charge in [-0.3, -0.25) is 9.35 Å². The second-order valence-electron chi connectivity index (χ2n) is 8.04. The van der Waals surface area contributed by atoms with E-state index in [1.54, 1.807) is 49.4 Å². The third kappa shape index (κ3) is 6.55. The summed E-state index contributed by atoms with van der Waals surface area (Å²) in [5, 5.41) is 25.3. The van der Waals surface area contributed by atoms with Gasteiger partial charge in [0, 0.05) is 16.0 Å². The molecule has 4 rings (SSSR count). The van der Waals surface area contributed by atoms with Gasteiger partial charge in [-0.05, 0) is 47.7 Å². The maximum absolute atomic E-state index is 13.4. The molecule has 1 amide bonds. The van der Waals surface area contributed by atoms with E-state index in [1.165, 1.54) is 25.3 Å². The summed E-state index contributed by atoms with van der Waals surface area (Å²) in [6.07, 6.45) is 0.405. The largest absolute Gasteiger partial charge is 1.00 e. The maximum Gasteiger partial charge on any atom is 1.00 e. The van der Waals surface area contributed by atoms with E-state index in [1.807, 2.05) is 0 Å². The molecule has 2 N–H and O–H groups in total. The molecule has 0 saturated carbocycles. The molecule has 0 unspecified atom stereocenters. The molecule has 0 spiro atoms. The third-order valence-corrected chi connectivity index (χ3v) is 7.32. The van der Waals surface area contributed by atoms with Crippen LogP contribution in [0.1, 0.15) is 22.8 Å². The number of hydrogen-bond donors (Lipinski definition) is 2. The number of nitrogens with one attached hydrogen (secondary N) is 1. The Balaban J connectivity index is 0.00000420. The molecule has 13 heteroatoms. The number of aryl methyl sites for hydroxylation is 1. The van der Waals surface area contributed by atoms with Crippen LogP contribution in [0.2, 0.25) is 10.0 Å². The summed E-state index contributed by atoms with van der Waals surface area (Å²) in [5.74, 6) is -1.17. The van der Waals surface area contributed by atoms with E-state index in [2.05, 4.69) is 15.5 Å². The molecule has 0 aliphatic rings. The number of ether oxygens (including phenoxy) is 1. The number of anilines is 1. The first-order valence-electron chi connectivity index (χ1n) is 11.1. The number of fused-ring (bicyclic) bond motifs is 1. The van der Waals surface area contributed by atoms with E-state index in [-0.39, 0.29) is 62.2 Å². The SMILES string of the molecule is CCc1cc(S(=O)(=O)O)c(N=Nc2c([O-])c(C(=O)Nc3cccc(OC)c3Cl)cc3ccccc23)cc1Cl.[Na+]. The molecule has 0 radical (unpaired) electrons. The molecule has 196 valence electrons. The van der Waals surface area contributed by atoms with Gasteiger partial charge in [0.25, 0.3) is 16.0 Å². The van der Waals surface area contributed by atoms with E-state index < -0.39 is 26.7 Å². The minimum Gasteiger partial charge on any atom is -0.870 e. The number of nitrogens with zero attached hydrogens (tertiary/aromatic N) is 2. The Morgan fingerprint density at radius 2 is 1.79 bits per heavy atom. The van der Waals surface area contributed by atoms with Crippen molar-refractivity contribution in [1.29, 1.82) is 0 Å². The second kappa shape index (κ2) is 12.6. The molecule has 4 aromatic rings. The zero-order valence-corrected chi connectivity index (χ0v) is 25.4. The second-order valence-corrected chi connectivity index (χ2v) is 10.2. The quantitative estimate of drug-likeness (QED) is 0.189. The van der Waals surface area contributed by atoms with Crippen molar-refractivity contribution in [3.8, 4) is 11.5 Å². The summed E-state index contributed by atoms with van der Waals surface area (Å²) in [7, 11) is -3.25. The first kappa shape index (κ1) is 30.8. The number of amides is 1. The fourth-order valence-corrected chi connectivity index (χ4v) is 4.97. The van der Waals surface area contributed by atoms with Crippen LogP contribution in [0.25, 0.3) is 10.8 Å². The van der Waals surface area contributed by atoms with E-state index >= 15 is 0 Å². The molecule has 9 nitrogen and oxygen atoms in total. The molecule has 39 heavy (non-hydrogen) atoms. The minimum absolute atomic E-state index is 0. The van der Waals surface area contributed by atoms with Gasteiger partial charge >= 0.3 is 29.6 Å². The van der Waals surface area contributed by atoms with Crippen LogP contribution in [0.15, 0.2) is 75.8 Å². The number of carbonyl (C=O) groups excluding carboxylic acids is 1. The van der Waals surface area contributed by atoms with Gasteiger partial charge in [0.05, 0.1) is 18.5 Å². The maximum atomic E-state index is 13.4. The van der Waals surface area contributed by atoms with Crippen molar-refractivity contribution < 1.29 is 57.2 Å². The Bertz CT molecular complexity index is 1710. The fraction of sp³-hybridized carbons (Fsp3) is 0.115. The van der Waals surface area contributed by atoms with Crippen molar-refractivity contribution in [3.05, 3.63) is 81.8 Å². The van der Waals surface area contributed by atoms with Crippen LogP contribution >= 0.6 is 23.2 Å². The average molecular weight is 596 g/mol. The monoisotopic (exact) mass is 595 g/mol. The van der Waals surface area contributed by atoms with Gasteiger partial charge in [0.1, 0.15) is 21.4 Å². The molecular formula is C26H20Cl2N3NaO6S. The molecule has 0 saturated heterocycles. The molecule has 0 aliphatic heterocycles.